The molecule has 0 aromatic heterocycles. The zero-order valence-corrected chi connectivity index (χ0v) is 12.3. The van der Waals surface area contributed by atoms with E-state index >= 15 is 0 Å². The number of nitrogens with zero attached hydrogens (tertiary/aromatic N) is 1. The van der Waals surface area contributed by atoms with Crippen molar-refractivity contribution >= 4 is 11.9 Å². The summed E-state index contributed by atoms with van der Waals surface area (Å²) in [6, 6.07) is 0. The van der Waals surface area contributed by atoms with Crippen molar-refractivity contribution in [2.45, 2.75) is 52.6 Å². The van der Waals surface area contributed by atoms with Gasteiger partial charge in [0.2, 0.25) is 0 Å². The summed E-state index contributed by atoms with van der Waals surface area (Å²) in [5, 5.41) is 0. The van der Waals surface area contributed by atoms with Gasteiger partial charge in [-0.1, -0.05) is 13.3 Å². The van der Waals surface area contributed by atoms with Crippen LogP contribution in [0.3, 0.4) is 0 Å². The molecule has 106 valence electrons. The fourth-order valence-corrected chi connectivity index (χ4v) is 2.85. The Kier molecular flexibility index (Phi) is 3.70. The normalized spacial score (nSPS) is 23.1. The minimum Gasteiger partial charge on any atom is -0.444 e. The molecule has 1 aliphatic heterocycles. The number of carbonyl (C=O) groups excluding carboxylic acids is 2. The average Bonchev–Trinajstić information content (AvgIpc) is 2.77. The van der Waals surface area contributed by atoms with Crippen LogP contribution in [0.15, 0.2) is 11.1 Å². The molecule has 1 atom stereocenters. The van der Waals surface area contributed by atoms with Gasteiger partial charge in [-0.25, -0.2) is 4.79 Å². The number of hydrogen-bond donors (Lipinski definition) is 0. The van der Waals surface area contributed by atoms with Crippen LogP contribution in [0.5, 0.6) is 0 Å². The van der Waals surface area contributed by atoms with Crippen LogP contribution in [0, 0.1) is 5.92 Å². The highest BCUT2D eigenvalue weighted by atomic mass is 16.6. The maximum Gasteiger partial charge on any atom is 0.410 e. The molecule has 0 aromatic rings. The molecule has 4 heteroatoms. The van der Waals surface area contributed by atoms with E-state index in [-0.39, 0.29) is 17.8 Å². The van der Waals surface area contributed by atoms with Crippen LogP contribution in [0.1, 0.15) is 47.0 Å². The van der Waals surface area contributed by atoms with E-state index in [9.17, 15) is 9.59 Å². The quantitative estimate of drug-likeness (QED) is 0.771. The number of hydrogen-bond acceptors (Lipinski definition) is 3. The number of amides is 1. The lowest BCUT2D eigenvalue weighted by Gasteiger charge is -2.24. The second kappa shape index (κ2) is 4.99. The third-order valence-electron chi connectivity index (χ3n) is 3.60. The first kappa shape index (κ1) is 14.1. The van der Waals surface area contributed by atoms with Gasteiger partial charge in [-0.2, -0.15) is 0 Å². The number of carbonyl (C=O) groups is 2. The molecular weight excluding hydrogens is 242 g/mol. The first-order chi connectivity index (χ1) is 8.81. The van der Waals surface area contributed by atoms with Gasteiger partial charge >= 0.3 is 6.09 Å². The van der Waals surface area contributed by atoms with Gasteiger partial charge in [0.25, 0.3) is 0 Å². The smallest absolute Gasteiger partial charge is 0.410 e. The monoisotopic (exact) mass is 265 g/mol. The number of fused-ring (bicyclic) bond motifs is 1. The predicted molar refractivity (Wildman–Crippen MR) is 72.9 cm³/mol. The summed E-state index contributed by atoms with van der Waals surface area (Å²) in [5.41, 5.74) is 1.68. The Labute approximate surface area is 114 Å². The van der Waals surface area contributed by atoms with Crippen LogP contribution in [-0.2, 0) is 9.53 Å². The zero-order chi connectivity index (χ0) is 14.2. The molecule has 1 amide bonds. The first-order valence-electron chi connectivity index (χ1n) is 7.05. The predicted octanol–water partition coefficient (Wildman–Crippen LogP) is 2.92. The van der Waals surface area contributed by atoms with Gasteiger partial charge in [0.15, 0.2) is 5.78 Å². The van der Waals surface area contributed by atoms with Gasteiger partial charge in [-0.15, -0.1) is 0 Å². The molecule has 0 aromatic carbocycles. The van der Waals surface area contributed by atoms with Gasteiger partial charge in [0, 0.05) is 25.4 Å². The Balaban J connectivity index is 2.08. The maximum absolute atomic E-state index is 12.0. The standard InChI is InChI=1S/C15H23NO3/c1-5-6-11-12-9-16(8-10(12)7-13(11)17)14(18)19-15(2,3)4/h10H,5-9H2,1-4H3. The van der Waals surface area contributed by atoms with Crippen LogP contribution in [0.4, 0.5) is 4.79 Å². The summed E-state index contributed by atoms with van der Waals surface area (Å²) >= 11 is 0. The van der Waals surface area contributed by atoms with E-state index in [1.165, 1.54) is 5.57 Å². The van der Waals surface area contributed by atoms with Crippen LogP contribution in [0.25, 0.3) is 0 Å². The van der Waals surface area contributed by atoms with Crippen molar-refractivity contribution in [1.82, 2.24) is 4.90 Å². The molecular formula is C15H23NO3. The summed E-state index contributed by atoms with van der Waals surface area (Å²) in [6.45, 7) is 8.88. The molecule has 4 nitrogen and oxygen atoms in total. The van der Waals surface area contributed by atoms with Gasteiger partial charge < -0.3 is 9.64 Å². The molecule has 0 N–H and O–H groups in total. The highest BCUT2D eigenvalue weighted by molar-refractivity contribution is 5.99. The van der Waals surface area contributed by atoms with Crippen LogP contribution >= 0.6 is 0 Å². The van der Waals surface area contributed by atoms with E-state index in [2.05, 4.69) is 6.92 Å². The number of ketones is 1. The van der Waals surface area contributed by atoms with Crippen molar-refractivity contribution in [3.05, 3.63) is 11.1 Å². The van der Waals surface area contributed by atoms with Gasteiger partial charge in [-0.3, -0.25) is 4.79 Å². The maximum atomic E-state index is 12.0. The van der Waals surface area contributed by atoms with Gasteiger partial charge in [0.1, 0.15) is 5.60 Å². The highest BCUT2D eigenvalue weighted by Crippen LogP contribution is 2.37. The molecule has 0 bridgehead atoms. The van der Waals surface area contributed by atoms with Crippen LogP contribution in [-0.4, -0.2) is 35.5 Å². The van der Waals surface area contributed by atoms with E-state index in [1.54, 1.807) is 4.90 Å². The second-order valence-electron chi connectivity index (χ2n) is 6.44. The summed E-state index contributed by atoms with van der Waals surface area (Å²) in [4.78, 5) is 25.7. The van der Waals surface area contributed by atoms with Crippen molar-refractivity contribution in [1.29, 1.82) is 0 Å². The fourth-order valence-electron chi connectivity index (χ4n) is 2.85. The summed E-state index contributed by atoms with van der Waals surface area (Å²) in [5.74, 6) is 0.521. The number of ether oxygens (including phenoxy) is 1. The van der Waals surface area contributed by atoms with Crippen molar-refractivity contribution < 1.29 is 14.3 Å². The molecule has 1 unspecified atom stereocenters. The van der Waals surface area contributed by atoms with Gasteiger partial charge in [0.05, 0.1) is 0 Å². The Bertz CT molecular complexity index is 431. The summed E-state index contributed by atoms with van der Waals surface area (Å²) in [6.07, 6.45) is 2.12. The average molecular weight is 265 g/mol. The van der Waals surface area contributed by atoms with Crippen molar-refractivity contribution in [3.8, 4) is 0 Å². The summed E-state index contributed by atoms with van der Waals surface area (Å²) < 4.78 is 5.39. The van der Waals surface area contributed by atoms with Crippen molar-refractivity contribution in [2.75, 3.05) is 13.1 Å². The Morgan fingerprint density at radius 2 is 2.11 bits per heavy atom. The molecule has 1 saturated heterocycles. The molecule has 19 heavy (non-hydrogen) atoms. The molecule has 0 radical (unpaired) electrons. The molecule has 0 spiro atoms. The topological polar surface area (TPSA) is 46.6 Å². The number of likely N-dealkylation sites (tertiary alicyclic amines) is 1. The fraction of sp³-hybridized carbons (Fsp3) is 0.733. The Morgan fingerprint density at radius 3 is 2.68 bits per heavy atom. The number of allylic oxidation sites excluding steroid dienone is 1. The zero-order valence-electron chi connectivity index (χ0n) is 12.3. The third-order valence-corrected chi connectivity index (χ3v) is 3.60. The van der Waals surface area contributed by atoms with E-state index < -0.39 is 5.60 Å². The van der Waals surface area contributed by atoms with E-state index in [0.29, 0.717) is 19.5 Å². The minimum absolute atomic E-state index is 0.238. The Hall–Kier alpha value is -1.32. The number of rotatable bonds is 2. The van der Waals surface area contributed by atoms with Gasteiger partial charge in [-0.05, 0) is 38.3 Å². The lowest BCUT2D eigenvalue weighted by atomic mass is 10.0. The van der Waals surface area contributed by atoms with Crippen LogP contribution < -0.4 is 0 Å². The molecule has 2 aliphatic rings. The molecule has 1 heterocycles. The van der Waals surface area contributed by atoms with Crippen molar-refractivity contribution in [3.63, 3.8) is 0 Å². The first-order valence-corrected chi connectivity index (χ1v) is 7.05. The SMILES string of the molecule is CCCC1=C2CN(C(=O)OC(C)(C)C)CC2CC1=O. The molecule has 1 fully saturated rings. The number of Topliss-reactive ketones (excluding diaryl/α,β-unsaturated/α-hetero) is 1. The lowest BCUT2D eigenvalue weighted by Crippen LogP contribution is -2.35. The highest BCUT2D eigenvalue weighted by Gasteiger charge is 2.40. The molecule has 2 rings (SSSR count). The minimum atomic E-state index is -0.467. The van der Waals surface area contributed by atoms with Crippen LogP contribution in [0.2, 0.25) is 0 Å². The van der Waals surface area contributed by atoms with Crippen molar-refractivity contribution in [2.24, 2.45) is 5.92 Å². The van der Waals surface area contributed by atoms with E-state index in [4.69, 9.17) is 4.74 Å². The summed E-state index contributed by atoms with van der Waals surface area (Å²) in [7, 11) is 0. The molecule has 1 aliphatic carbocycles. The largest absolute Gasteiger partial charge is 0.444 e. The Morgan fingerprint density at radius 1 is 1.42 bits per heavy atom. The lowest BCUT2D eigenvalue weighted by molar-refractivity contribution is -0.115. The third kappa shape index (κ3) is 2.99. The van der Waals surface area contributed by atoms with E-state index in [1.807, 2.05) is 20.8 Å². The molecule has 0 saturated carbocycles. The second-order valence-corrected chi connectivity index (χ2v) is 6.44. The van der Waals surface area contributed by atoms with E-state index in [0.717, 1.165) is 18.4 Å².